The lowest BCUT2D eigenvalue weighted by Crippen LogP contribution is -2.51. The van der Waals surface area contributed by atoms with E-state index in [0.29, 0.717) is 11.1 Å². The van der Waals surface area contributed by atoms with Crippen molar-refractivity contribution in [2.45, 2.75) is 37.8 Å². The number of piperidine rings is 1. The van der Waals surface area contributed by atoms with Crippen molar-refractivity contribution in [1.29, 1.82) is 0 Å². The molecular weight excluding hydrogens is 328 g/mol. The number of nitrogens with one attached hydrogen (secondary N) is 1. The molecule has 102 valence electrons. The summed E-state index contributed by atoms with van der Waals surface area (Å²) in [5.74, 6) is 0.155. The molecule has 1 aliphatic heterocycles. The van der Waals surface area contributed by atoms with Crippen molar-refractivity contribution in [2.24, 2.45) is 0 Å². The van der Waals surface area contributed by atoms with E-state index in [9.17, 15) is 4.79 Å². The smallest absolute Gasteiger partial charge is 0.244 e. The van der Waals surface area contributed by atoms with Gasteiger partial charge in [-0.1, -0.05) is 27.5 Å². The van der Waals surface area contributed by atoms with E-state index < -0.39 is 0 Å². The van der Waals surface area contributed by atoms with Gasteiger partial charge >= 0.3 is 0 Å². The predicted molar refractivity (Wildman–Crippen MR) is 80.7 cm³/mol. The van der Waals surface area contributed by atoms with E-state index in [0.717, 1.165) is 29.5 Å². The van der Waals surface area contributed by atoms with Crippen LogP contribution in [-0.4, -0.2) is 24.5 Å². The second-order valence-electron chi connectivity index (χ2n) is 5.22. The van der Waals surface area contributed by atoms with E-state index >= 15 is 0 Å². The molecule has 1 saturated heterocycles. The van der Waals surface area contributed by atoms with Crippen LogP contribution in [0.15, 0.2) is 22.7 Å². The van der Waals surface area contributed by atoms with Crippen LogP contribution in [0.4, 0.5) is 5.69 Å². The molecule has 0 radical (unpaired) electrons. The topological polar surface area (TPSA) is 32.3 Å². The van der Waals surface area contributed by atoms with Gasteiger partial charge in [-0.05, 0) is 43.9 Å². The standard InChI is InChI=1S/C14H16BrClN2O/c15-9-3-6-13(11(16)8-9)18-7-1-2-12(14(18)19)17-10-4-5-10/h3,6,8,10,12,17H,1-2,4-5,7H2. The van der Waals surface area contributed by atoms with Crippen molar-refractivity contribution in [3.63, 3.8) is 0 Å². The normalized spacial score (nSPS) is 23.8. The molecule has 1 heterocycles. The van der Waals surface area contributed by atoms with Gasteiger partial charge in [0.25, 0.3) is 0 Å². The number of amides is 1. The molecule has 1 saturated carbocycles. The molecule has 5 heteroatoms. The third-order valence-electron chi connectivity index (χ3n) is 3.65. The highest BCUT2D eigenvalue weighted by atomic mass is 79.9. The quantitative estimate of drug-likeness (QED) is 0.913. The van der Waals surface area contributed by atoms with Crippen molar-refractivity contribution in [3.05, 3.63) is 27.7 Å². The first-order valence-corrected chi connectivity index (χ1v) is 7.85. The fourth-order valence-electron chi connectivity index (χ4n) is 2.50. The number of hydrogen-bond acceptors (Lipinski definition) is 2. The number of carbonyl (C=O) groups is 1. The molecule has 1 aromatic carbocycles. The minimum Gasteiger partial charge on any atom is -0.310 e. The highest BCUT2D eigenvalue weighted by molar-refractivity contribution is 9.10. The Balaban J connectivity index is 1.80. The minimum absolute atomic E-state index is 0.0408. The van der Waals surface area contributed by atoms with Gasteiger partial charge in [0, 0.05) is 17.1 Å². The lowest BCUT2D eigenvalue weighted by Gasteiger charge is -2.33. The first kappa shape index (κ1) is 13.4. The largest absolute Gasteiger partial charge is 0.310 e. The molecule has 1 aromatic rings. The fraction of sp³-hybridized carbons (Fsp3) is 0.500. The van der Waals surface area contributed by atoms with E-state index in [4.69, 9.17) is 11.6 Å². The van der Waals surface area contributed by atoms with Gasteiger partial charge in [-0.2, -0.15) is 0 Å². The van der Waals surface area contributed by atoms with Crippen molar-refractivity contribution in [2.75, 3.05) is 11.4 Å². The Morgan fingerprint density at radius 1 is 1.32 bits per heavy atom. The summed E-state index contributed by atoms with van der Waals surface area (Å²) in [5, 5.41) is 4.05. The Morgan fingerprint density at radius 3 is 2.79 bits per heavy atom. The van der Waals surface area contributed by atoms with Crippen molar-refractivity contribution >= 4 is 39.1 Å². The number of anilines is 1. The van der Waals surface area contributed by atoms with E-state index in [1.807, 2.05) is 23.1 Å². The molecule has 1 unspecified atom stereocenters. The van der Waals surface area contributed by atoms with Crippen LogP contribution in [0.5, 0.6) is 0 Å². The molecule has 1 amide bonds. The van der Waals surface area contributed by atoms with Gasteiger partial charge in [0.1, 0.15) is 0 Å². The van der Waals surface area contributed by atoms with Crippen molar-refractivity contribution < 1.29 is 4.79 Å². The van der Waals surface area contributed by atoms with Crippen LogP contribution in [0.2, 0.25) is 5.02 Å². The van der Waals surface area contributed by atoms with Crippen LogP contribution >= 0.6 is 27.5 Å². The Bertz CT molecular complexity index is 504. The molecule has 3 rings (SSSR count). The number of rotatable bonds is 3. The van der Waals surface area contributed by atoms with E-state index in [1.165, 1.54) is 12.8 Å². The van der Waals surface area contributed by atoms with E-state index in [2.05, 4.69) is 21.2 Å². The summed E-state index contributed by atoms with van der Waals surface area (Å²) in [6.45, 7) is 0.753. The molecule has 2 aliphatic rings. The SMILES string of the molecule is O=C1C(NC2CC2)CCCN1c1ccc(Br)cc1Cl. The Kier molecular flexibility index (Phi) is 3.83. The van der Waals surface area contributed by atoms with Crippen LogP contribution < -0.4 is 10.2 Å². The van der Waals surface area contributed by atoms with E-state index in [-0.39, 0.29) is 11.9 Å². The Hall–Kier alpha value is -0.580. The third kappa shape index (κ3) is 2.96. The summed E-state index contributed by atoms with van der Waals surface area (Å²) in [5.41, 5.74) is 0.817. The van der Waals surface area contributed by atoms with Crippen LogP contribution in [0, 0.1) is 0 Å². The van der Waals surface area contributed by atoms with Crippen LogP contribution in [0.3, 0.4) is 0 Å². The summed E-state index contributed by atoms with van der Waals surface area (Å²) < 4.78 is 0.929. The van der Waals surface area contributed by atoms with E-state index in [1.54, 1.807) is 0 Å². The Labute approximate surface area is 126 Å². The van der Waals surface area contributed by atoms with Gasteiger partial charge in [-0.25, -0.2) is 0 Å². The molecule has 3 nitrogen and oxygen atoms in total. The van der Waals surface area contributed by atoms with Crippen molar-refractivity contribution in [3.8, 4) is 0 Å². The number of nitrogens with zero attached hydrogens (tertiary/aromatic N) is 1. The number of carbonyl (C=O) groups excluding carboxylic acids is 1. The number of halogens is 2. The fourth-order valence-corrected chi connectivity index (χ4v) is 3.28. The summed E-state index contributed by atoms with van der Waals surface area (Å²) in [6.07, 6.45) is 4.34. The Morgan fingerprint density at radius 2 is 2.11 bits per heavy atom. The molecule has 1 atom stereocenters. The number of benzene rings is 1. The zero-order valence-electron chi connectivity index (χ0n) is 10.5. The maximum Gasteiger partial charge on any atom is 0.244 e. The highest BCUT2D eigenvalue weighted by Gasteiger charge is 2.34. The first-order chi connectivity index (χ1) is 9.15. The molecule has 19 heavy (non-hydrogen) atoms. The molecule has 1 N–H and O–H groups in total. The van der Waals surface area contributed by atoms with Gasteiger partial charge < -0.3 is 10.2 Å². The van der Waals surface area contributed by atoms with Gasteiger partial charge in [-0.15, -0.1) is 0 Å². The third-order valence-corrected chi connectivity index (χ3v) is 4.45. The van der Waals surface area contributed by atoms with Gasteiger partial charge in [0.15, 0.2) is 0 Å². The van der Waals surface area contributed by atoms with Gasteiger partial charge in [-0.3, -0.25) is 4.79 Å². The molecule has 2 fully saturated rings. The summed E-state index contributed by atoms with van der Waals surface area (Å²) >= 11 is 9.64. The molecule has 0 aromatic heterocycles. The lowest BCUT2D eigenvalue weighted by molar-refractivity contribution is -0.121. The van der Waals surface area contributed by atoms with Crippen LogP contribution in [0.25, 0.3) is 0 Å². The van der Waals surface area contributed by atoms with Gasteiger partial charge in [0.2, 0.25) is 5.91 Å². The zero-order chi connectivity index (χ0) is 13.4. The number of hydrogen-bond donors (Lipinski definition) is 1. The van der Waals surface area contributed by atoms with Crippen LogP contribution in [-0.2, 0) is 4.79 Å². The lowest BCUT2D eigenvalue weighted by atomic mass is 10.0. The summed E-state index contributed by atoms with van der Waals surface area (Å²) in [6, 6.07) is 6.17. The molecular formula is C14H16BrClN2O. The van der Waals surface area contributed by atoms with Gasteiger partial charge in [0.05, 0.1) is 16.8 Å². The molecule has 1 aliphatic carbocycles. The predicted octanol–water partition coefficient (Wildman–Crippen LogP) is 3.35. The second-order valence-corrected chi connectivity index (χ2v) is 6.54. The summed E-state index contributed by atoms with van der Waals surface area (Å²) in [7, 11) is 0. The maximum atomic E-state index is 12.5. The summed E-state index contributed by atoms with van der Waals surface area (Å²) in [4.78, 5) is 14.3. The maximum absolute atomic E-state index is 12.5. The molecule has 0 bridgehead atoms. The minimum atomic E-state index is -0.0408. The highest BCUT2D eigenvalue weighted by Crippen LogP contribution is 2.32. The zero-order valence-corrected chi connectivity index (χ0v) is 12.9. The monoisotopic (exact) mass is 342 g/mol. The average molecular weight is 344 g/mol. The molecule has 0 spiro atoms. The average Bonchev–Trinajstić information content (AvgIpc) is 3.17. The van der Waals surface area contributed by atoms with Crippen LogP contribution in [0.1, 0.15) is 25.7 Å². The second kappa shape index (κ2) is 5.43. The van der Waals surface area contributed by atoms with Crippen molar-refractivity contribution in [1.82, 2.24) is 5.32 Å². The first-order valence-electron chi connectivity index (χ1n) is 6.67.